The summed E-state index contributed by atoms with van der Waals surface area (Å²) in [6, 6.07) is 8.07. The van der Waals surface area contributed by atoms with Gasteiger partial charge in [0, 0.05) is 24.3 Å². The van der Waals surface area contributed by atoms with Crippen molar-refractivity contribution < 1.29 is 19.1 Å². The quantitative estimate of drug-likeness (QED) is 0.439. The zero-order valence-corrected chi connectivity index (χ0v) is 15.0. The Kier molecular flexibility index (Phi) is 4.78. The van der Waals surface area contributed by atoms with Gasteiger partial charge in [-0.25, -0.2) is 4.98 Å². The van der Waals surface area contributed by atoms with Crippen LogP contribution in [0.5, 0.6) is 5.75 Å². The first-order valence-electron chi connectivity index (χ1n) is 8.48. The Morgan fingerprint density at radius 2 is 2.00 bits per heavy atom. The molecule has 0 radical (unpaired) electrons. The van der Waals surface area contributed by atoms with Crippen molar-refractivity contribution in [3.63, 3.8) is 0 Å². The number of aryl methyl sites for hydroxylation is 1. The van der Waals surface area contributed by atoms with Crippen LogP contribution in [0.2, 0.25) is 0 Å². The van der Waals surface area contributed by atoms with Gasteiger partial charge in [0.25, 0.3) is 0 Å². The molecule has 1 aliphatic heterocycles. The van der Waals surface area contributed by atoms with Crippen LogP contribution in [0.4, 0.5) is 0 Å². The summed E-state index contributed by atoms with van der Waals surface area (Å²) >= 11 is 0. The number of carbonyl (C=O) groups is 1. The molecule has 0 atom stereocenters. The third-order valence-corrected chi connectivity index (χ3v) is 3.96. The lowest BCUT2D eigenvalue weighted by molar-refractivity contribution is -0.142. The molecular weight excluding hydrogens is 334 g/mol. The van der Waals surface area contributed by atoms with E-state index in [0.29, 0.717) is 46.7 Å². The molecule has 1 N–H and O–H groups in total. The van der Waals surface area contributed by atoms with Crippen molar-refractivity contribution in [1.29, 1.82) is 0 Å². The van der Waals surface area contributed by atoms with E-state index in [-0.39, 0.29) is 18.0 Å². The Morgan fingerprint density at radius 1 is 1.23 bits per heavy atom. The van der Waals surface area contributed by atoms with Gasteiger partial charge in [0.2, 0.25) is 0 Å². The van der Waals surface area contributed by atoms with E-state index in [1.807, 2.05) is 0 Å². The molecule has 0 aromatic heterocycles. The topological polar surface area (TPSA) is 89.6 Å². The zero-order valence-electron chi connectivity index (χ0n) is 15.0. The number of benzene rings is 2. The van der Waals surface area contributed by atoms with Crippen LogP contribution in [0.1, 0.15) is 32.8 Å². The van der Waals surface area contributed by atoms with Gasteiger partial charge in [0.05, 0.1) is 5.41 Å². The second kappa shape index (κ2) is 6.88. The number of aliphatic hydroxyl groups excluding tert-OH is 1. The first kappa shape index (κ1) is 18.1. The molecule has 1 aromatic rings. The molecule has 136 valence electrons. The Bertz CT molecular complexity index is 984. The van der Waals surface area contributed by atoms with E-state index in [1.54, 1.807) is 45.0 Å². The van der Waals surface area contributed by atoms with Gasteiger partial charge in [-0.15, -0.1) is 0 Å². The zero-order chi connectivity index (χ0) is 18.9. The lowest BCUT2D eigenvalue weighted by Crippen LogP contribution is -2.25. The van der Waals surface area contributed by atoms with Crippen LogP contribution in [0.25, 0.3) is 22.6 Å². The molecule has 1 aliphatic carbocycles. The minimum Gasteiger partial charge on any atom is -0.453 e. The number of aromatic nitrogens is 1. The molecule has 1 heterocycles. The average molecular weight is 355 g/mol. The molecule has 0 spiro atoms. The lowest BCUT2D eigenvalue weighted by atomic mass is 9.97. The number of nitrogens with zero attached hydrogens (tertiary/aromatic N) is 1. The minimum atomic E-state index is -0.615. The van der Waals surface area contributed by atoms with Crippen molar-refractivity contribution in [2.45, 2.75) is 33.6 Å². The Hall–Kier alpha value is -2.73. The second-order valence-corrected chi connectivity index (χ2v) is 7.24. The summed E-state index contributed by atoms with van der Waals surface area (Å²) in [5, 5.41) is 8.94. The van der Waals surface area contributed by atoms with Crippen LogP contribution in [-0.2, 0) is 11.2 Å². The standard InChI is InChI=1S/C20H21NO5/c1-20(2,3)19(24)25-13-6-7-14-17(10-13)26-18-11-16(23)12(5-4-8-22)9-15(18)21-14/h6-7,9-11,22H,4-5,8H2,1-3H3. The van der Waals surface area contributed by atoms with Crippen LogP contribution in [0, 0.1) is 5.41 Å². The summed E-state index contributed by atoms with van der Waals surface area (Å²) in [6.45, 7) is 5.36. The van der Waals surface area contributed by atoms with Crippen LogP contribution < -0.4 is 10.2 Å². The highest BCUT2D eigenvalue weighted by Crippen LogP contribution is 2.28. The smallest absolute Gasteiger partial charge is 0.316 e. The summed E-state index contributed by atoms with van der Waals surface area (Å²) < 4.78 is 11.2. The van der Waals surface area contributed by atoms with Crippen molar-refractivity contribution in [2.75, 3.05) is 6.61 Å². The van der Waals surface area contributed by atoms with Crippen molar-refractivity contribution in [3.8, 4) is 17.2 Å². The third-order valence-electron chi connectivity index (χ3n) is 3.96. The monoisotopic (exact) mass is 355 g/mol. The predicted molar refractivity (Wildman–Crippen MR) is 97.4 cm³/mol. The van der Waals surface area contributed by atoms with Gasteiger partial charge in [0.15, 0.2) is 16.8 Å². The van der Waals surface area contributed by atoms with Gasteiger partial charge in [-0.3, -0.25) is 9.59 Å². The molecule has 26 heavy (non-hydrogen) atoms. The van der Waals surface area contributed by atoms with Crippen molar-refractivity contribution in [3.05, 3.63) is 46.1 Å². The van der Waals surface area contributed by atoms with E-state index in [0.717, 1.165) is 0 Å². The molecule has 0 amide bonds. The minimum absolute atomic E-state index is 0.0308. The molecule has 0 unspecified atom stereocenters. The van der Waals surface area contributed by atoms with E-state index in [4.69, 9.17) is 14.3 Å². The van der Waals surface area contributed by atoms with Crippen LogP contribution in [0.15, 0.2) is 39.5 Å². The summed E-state index contributed by atoms with van der Waals surface area (Å²) in [5.74, 6) is 0.389. The Morgan fingerprint density at radius 3 is 2.69 bits per heavy atom. The number of hydrogen-bond acceptors (Lipinski definition) is 6. The maximum atomic E-state index is 12.2. The van der Waals surface area contributed by atoms with Crippen LogP contribution in [-0.4, -0.2) is 22.7 Å². The number of rotatable bonds is 4. The molecule has 0 saturated carbocycles. The third kappa shape index (κ3) is 3.75. The Balaban J connectivity index is 2.01. The molecule has 1 aromatic carbocycles. The molecule has 0 bridgehead atoms. The number of carbonyl (C=O) groups excluding carboxylic acids is 1. The average Bonchev–Trinajstić information content (AvgIpc) is 2.57. The van der Waals surface area contributed by atoms with Gasteiger partial charge in [-0.2, -0.15) is 0 Å². The highest BCUT2D eigenvalue weighted by molar-refractivity contribution is 5.81. The van der Waals surface area contributed by atoms with Crippen LogP contribution >= 0.6 is 0 Å². The van der Waals surface area contributed by atoms with E-state index < -0.39 is 5.41 Å². The molecule has 6 heteroatoms. The first-order valence-corrected chi connectivity index (χ1v) is 8.48. The molecule has 0 saturated heterocycles. The van der Waals surface area contributed by atoms with Gasteiger partial charge >= 0.3 is 5.97 Å². The number of ether oxygens (including phenoxy) is 1. The van der Waals surface area contributed by atoms with Gasteiger partial charge in [-0.05, 0) is 51.8 Å². The lowest BCUT2D eigenvalue weighted by Gasteiger charge is -2.16. The van der Waals surface area contributed by atoms with Crippen molar-refractivity contribution in [1.82, 2.24) is 4.98 Å². The van der Waals surface area contributed by atoms with Crippen molar-refractivity contribution >= 4 is 17.1 Å². The highest BCUT2D eigenvalue weighted by atomic mass is 16.5. The van der Waals surface area contributed by atoms with E-state index in [9.17, 15) is 9.59 Å². The number of aliphatic hydroxyl groups is 1. The van der Waals surface area contributed by atoms with Gasteiger partial charge in [0.1, 0.15) is 17.0 Å². The molecule has 2 aliphatic rings. The predicted octanol–water partition coefficient (Wildman–Crippen LogP) is 3.17. The number of hydrogen-bond donors (Lipinski definition) is 1. The SMILES string of the molecule is CC(C)(C)C(=O)Oc1ccc2nc3cc(CCCO)c(=O)cc-3oc2c1. The summed E-state index contributed by atoms with van der Waals surface area (Å²) in [5.41, 5.74) is 1.44. The summed E-state index contributed by atoms with van der Waals surface area (Å²) in [7, 11) is 0. The van der Waals surface area contributed by atoms with Crippen LogP contribution in [0.3, 0.4) is 0 Å². The highest BCUT2D eigenvalue weighted by Gasteiger charge is 2.24. The summed E-state index contributed by atoms with van der Waals surface area (Å²) in [4.78, 5) is 28.7. The largest absolute Gasteiger partial charge is 0.453 e. The number of esters is 1. The maximum Gasteiger partial charge on any atom is 0.316 e. The molecule has 3 rings (SSSR count). The normalized spacial score (nSPS) is 11.8. The van der Waals surface area contributed by atoms with Gasteiger partial charge in [-0.1, -0.05) is 0 Å². The second-order valence-electron chi connectivity index (χ2n) is 7.24. The number of fused-ring (bicyclic) bond motifs is 2. The van der Waals surface area contributed by atoms with E-state index in [2.05, 4.69) is 4.98 Å². The molecule has 0 fully saturated rings. The van der Waals surface area contributed by atoms with Gasteiger partial charge < -0.3 is 14.3 Å². The molecular formula is C20H21NO5. The van der Waals surface area contributed by atoms with Crippen molar-refractivity contribution in [2.24, 2.45) is 5.41 Å². The fourth-order valence-corrected chi connectivity index (χ4v) is 2.47. The fraction of sp³-hybridized carbons (Fsp3) is 0.350. The molecule has 6 nitrogen and oxygen atoms in total. The van der Waals surface area contributed by atoms with E-state index in [1.165, 1.54) is 6.07 Å². The van der Waals surface area contributed by atoms with E-state index >= 15 is 0 Å². The first-order chi connectivity index (χ1) is 12.3. The maximum absolute atomic E-state index is 12.2. The summed E-state index contributed by atoms with van der Waals surface area (Å²) in [6.07, 6.45) is 1.01. The fourth-order valence-electron chi connectivity index (χ4n) is 2.47. The Labute approximate surface area is 150 Å².